The summed E-state index contributed by atoms with van der Waals surface area (Å²) in [7, 11) is 0. The highest BCUT2D eigenvalue weighted by atomic mass is 127. The lowest BCUT2D eigenvalue weighted by atomic mass is 10.0. The molecule has 0 amide bonds. The van der Waals surface area contributed by atoms with Gasteiger partial charge in [0.15, 0.2) is 5.96 Å². The van der Waals surface area contributed by atoms with Crippen molar-refractivity contribution in [3.8, 4) is 0 Å². The van der Waals surface area contributed by atoms with Crippen LogP contribution in [0, 0.1) is 6.92 Å². The minimum Gasteiger partial charge on any atom is -0.393 e. The van der Waals surface area contributed by atoms with E-state index in [0.29, 0.717) is 13.1 Å². The van der Waals surface area contributed by atoms with Gasteiger partial charge in [0, 0.05) is 31.9 Å². The molecule has 0 radical (unpaired) electrons. The van der Waals surface area contributed by atoms with Crippen molar-refractivity contribution in [1.82, 2.24) is 10.2 Å². The summed E-state index contributed by atoms with van der Waals surface area (Å²) >= 11 is 0. The van der Waals surface area contributed by atoms with E-state index >= 15 is 0 Å². The second-order valence-corrected chi connectivity index (χ2v) is 8.77. The van der Waals surface area contributed by atoms with E-state index in [0.717, 1.165) is 44.1 Å². The zero-order chi connectivity index (χ0) is 22.9. The van der Waals surface area contributed by atoms with Crippen molar-refractivity contribution in [2.45, 2.75) is 45.5 Å². The van der Waals surface area contributed by atoms with Gasteiger partial charge in [-0.15, -0.1) is 24.0 Å². The Morgan fingerprint density at radius 1 is 0.912 bits per heavy atom. The van der Waals surface area contributed by atoms with Crippen LogP contribution in [0.25, 0.3) is 0 Å². The Labute approximate surface area is 220 Å². The molecule has 180 valence electrons. The van der Waals surface area contributed by atoms with Crippen LogP contribution in [0.15, 0.2) is 83.9 Å². The number of anilines is 1. The Kier molecular flexibility index (Phi) is 10.4. The molecule has 0 atom stereocenters. The van der Waals surface area contributed by atoms with E-state index in [4.69, 9.17) is 4.99 Å². The van der Waals surface area contributed by atoms with E-state index in [2.05, 4.69) is 71.0 Å². The molecule has 1 saturated heterocycles. The van der Waals surface area contributed by atoms with E-state index in [-0.39, 0.29) is 30.1 Å². The third kappa shape index (κ3) is 8.11. The maximum absolute atomic E-state index is 9.80. The molecule has 0 spiro atoms. The third-order valence-corrected chi connectivity index (χ3v) is 6.09. The van der Waals surface area contributed by atoms with Crippen molar-refractivity contribution in [2.24, 2.45) is 4.99 Å². The summed E-state index contributed by atoms with van der Waals surface area (Å²) in [6.07, 6.45) is 1.57. The second-order valence-electron chi connectivity index (χ2n) is 8.77. The summed E-state index contributed by atoms with van der Waals surface area (Å²) in [6.45, 7) is 6.20. The van der Waals surface area contributed by atoms with Crippen molar-refractivity contribution < 1.29 is 5.11 Å². The zero-order valence-electron chi connectivity index (χ0n) is 19.8. The predicted molar refractivity (Wildman–Crippen MR) is 152 cm³/mol. The standard InChI is InChI=1S/C28H34N4O.HI/c1-22-11-13-23(14-12-22)19-29-28(31-26-9-3-2-4-10-26)30-20-24-7-5-6-8-25(24)21-32-17-15-27(33)16-18-32;/h2-14,27,33H,15-21H2,1H3,(H2,29,30,31);1H. The second kappa shape index (κ2) is 13.5. The number of nitrogens with zero attached hydrogens (tertiary/aromatic N) is 2. The van der Waals surface area contributed by atoms with E-state index in [1.165, 1.54) is 22.3 Å². The molecule has 0 saturated carbocycles. The number of hydrogen-bond acceptors (Lipinski definition) is 3. The smallest absolute Gasteiger partial charge is 0.196 e. The van der Waals surface area contributed by atoms with Gasteiger partial charge in [0.05, 0.1) is 12.6 Å². The summed E-state index contributed by atoms with van der Waals surface area (Å²) < 4.78 is 0. The van der Waals surface area contributed by atoms with Crippen molar-refractivity contribution in [3.63, 3.8) is 0 Å². The highest BCUT2D eigenvalue weighted by Crippen LogP contribution is 2.17. The first kappa shape index (κ1) is 26.2. The highest BCUT2D eigenvalue weighted by molar-refractivity contribution is 14.0. The Morgan fingerprint density at radius 3 is 2.26 bits per heavy atom. The van der Waals surface area contributed by atoms with Gasteiger partial charge < -0.3 is 15.7 Å². The van der Waals surface area contributed by atoms with Gasteiger partial charge in [0.25, 0.3) is 0 Å². The monoisotopic (exact) mass is 570 g/mol. The molecule has 1 aliphatic rings. The van der Waals surface area contributed by atoms with Crippen molar-refractivity contribution >= 4 is 35.6 Å². The fourth-order valence-corrected chi connectivity index (χ4v) is 4.04. The number of guanidine groups is 1. The van der Waals surface area contributed by atoms with Crippen LogP contribution in [-0.4, -0.2) is 35.2 Å². The molecule has 0 aliphatic carbocycles. The number of aliphatic hydroxyl groups is 1. The van der Waals surface area contributed by atoms with Crippen molar-refractivity contribution in [3.05, 3.63) is 101 Å². The molecule has 3 aromatic rings. The van der Waals surface area contributed by atoms with Crippen LogP contribution in [0.4, 0.5) is 5.69 Å². The zero-order valence-corrected chi connectivity index (χ0v) is 22.1. The maximum atomic E-state index is 9.80. The van der Waals surface area contributed by atoms with E-state index in [1.54, 1.807) is 0 Å². The van der Waals surface area contributed by atoms with E-state index in [9.17, 15) is 5.11 Å². The Bertz CT molecular complexity index is 1030. The number of piperidine rings is 1. The molecule has 3 aromatic carbocycles. The highest BCUT2D eigenvalue weighted by Gasteiger charge is 2.17. The molecule has 1 heterocycles. The van der Waals surface area contributed by atoms with Crippen LogP contribution in [0.3, 0.4) is 0 Å². The van der Waals surface area contributed by atoms with Crippen LogP contribution in [0.5, 0.6) is 0 Å². The van der Waals surface area contributed by atoms with Gasteiger partial charge >= 0.3 is 0 Å². The van der Waals surface area contributed by atoms with Gasteiger partial charge in [0.2, 0.25) is 0 Å². The molecule has 3 N–H and O–H groups in total. The third-order valence-electron chi connectivity index (χ3n) is 6.09. The molecule has 1 fully saturated rings. The first-order chi connectivity index (χ1) is 16.2. The molecule has 1 aliphatic heterocycles. The van der Waals surface area contributed by atoms with Crippen LogP contribution in [-0.2, 0) is 19.6 Å². The van der Waals surface area contributed by atoms with Gasteiger partial charge in [-0.25, -0.2) is 4.99 Å². The number of halogens is 1. The number of likely N-dealkylation sites (tertiary alicyclic amines) is 1. The Balaban J connectivity index is 0.00000324. The fourth-order valence-electron chi connectivity index (χ4n) is 4.04. The quantitative estimate of drug-likeness (QED) is 0.204. The summed E-state index contributed by atoms with van der Waals surface area (Å²) in [6, 6.07) is 27.2. The van der Waals surface area contributed by atoms with Crippen molar-refractivity contribution in [2.75, 3.05) is 18.4 Å². The average molecular weight is 571 g/mol. The number of para-hydroxylation sites is 1. The molecule has 4 rings (SSSR count). The molecule has 5 nitrogen and oxygen atoms in total. The lowest BCUT2D eigenvalue weighted by molar-refractivity contribution is 0.0791. The van der Waals surface area contributed by atoms with Crippen LogP contribution >= 0.6 is 24.0 Å². The first-order valence-corrected chi connectivity index (χ1v) is 11.8. The molecule has 0 bridgehead atoms. The number of rotatable bonds is 7. The van der Waals surface area contributed by atoms with Crippen LogP contribution in [0.2, 0.25) is 0 Å². The summed E-state index contributed by atoms with van der Waals surface area (Å²) in [5, 5.41) is 16.8. The lowest BCUT2D eigenvalue weighted by Crippen LogP contribution is -2.36. The Morgan fingerprint density at radius 2 is 1.56 bits per heavy atom. The topological polar surface area (TPSA) is 59.9 Å². The molecule has 34 heavy (non-hydrogen) atoms. The number of aliphatic hydroxyl groups excluding tert-OH is 1. The van der Waals surface area contributed by atoms with Crippen LogP contribution < -0.4 is 10.6 Å². The van der Waals surface area contributed by atoms with E-state index < -0.39 is 0 Å². The molecular formula is C28H35IN4O. The number of aryl methyl sites for hydroxylation is 1. The van der Waals surface area contributed by atoms with Crippen molar-refractivity contribution in [1.29, 1.82) is 0 Å². The summed E-state index contributed by atoms with van der Waals surface area (Å²) in [5.41, 5.74) is 6.03. The van der Waals surface area contributed by atoms with E-state index in [1.807, 2.05) is 30.3 Å². The average Bonchev–Trinajstić information content (AvgIpc) is 2.85. The normalized spacial score (nSPS) is 14.9. The number of hydrogen-bond donors (Lipinski definition) is 3. The Hall–Kier alpha value is -2.42. The van der Waals surface area contributed by atoms with Gasteiger partial charge in [-0.2, -0.15) is 0 Å². The molecule has 6 heteroatoms. The number of aliphatic imine (C=N–C) groups is 1. The largest absolute Gasteiger partial charge is 0.393 e. The molecular weight excluding hydrogens is 535 g/mol. The fraction of sp³-hybridized carbons (Fsp3) is 0.321. The number of nitrogens with one attached hydrogen (secondary N) is 2. The predicted octanol–water partition coefficient (Wildman–Crippen LogP) is 5.33. The van der Waals surface area contributed by atoms with Gasteiger partial charge in [-0.1, -0.05) is 72.3 Å². The SMILES string of the molecule is Cc1ccc(CN=C(NCc2ccccc2CN2CCC(O)CC2)Nc2ccccc2)cc1.I. The summed E-state index contributed by atoms with van der Waals surface area (Å²) in [5.74, 6) is 0.762. The maximum Gasteiger partial charge on any atom is 0.196 e. The van der Waals surface area contributed by atoms with Gasteiger partial charge in [-0.05, 0) is 48.6 Å². The van der Waals surface area contributed by atoms with Gasteiger partial charge in [-0.3, -0.25) is 4.90 Å². The van der Waals surface area contributed by atoms with Crippen LogP contribution in [0.1, 0.15) is 35.1 Å². The molecule has 0 aromatic heterocycles. The minimum atomic E-state index is -0.144. The lowest BCUT2D eigenvalue weighted by Gasteiger charge is -2.30. The minimum absolute atomic E-state index is 0. The first-order valence-electron chi connectivity index (χ1n) is 11.8. The summed E-state index contributed by atoms with van der Waals surface area (Å²) in [4.78, 5) is 7.27. The number of benzene rings is 3. The molecule has 0 unspecified atom stereocenters. The van der Waals surface area contributed by atoms with Gasteiger partial charge in [0.1, 0.15) is 0 Å².